The van der Waals surface area contributed by atoms with Crippen LogP contribution in [0.5, 0.6) is 0 Å². The summed E-state index contributed by atoms with van der Waals surface area (Å²) in [7, 11) is -3.75. The monoisotopic (exact) mass is 335 g/mol. The third-order valence-electron chi connectivity index (χ3n) is 4.62. The lowest BCUT2D eigenvalue weighted by atomic mass is 10.0. The third kappa shape index (κ3) is 2.87. The van der Waals surface area contributed by atoms with Crippen LogP contribution in [0.15, 0.2) is 42.6 Å². The molecule has 0 aliphatic carbocycles. The highest BCUT2D eigenvalue weighted by Crippen LogP contribution is 2.51. The highest BCUT2D eigenvalue weighted by molar-refractivity contribution is 6.76. The molecule has 0 spiro atoms. The minimum absolute atomic E-state index is 0.0185. The van der Waals surface area contributed by atoms with E-state index in [0.717, 1.165) is 0 Å². The standard InChI is InChI=1S/C16H25NO3Si2/c1-6-21(2,3)20-17-15-14(12-18-17)22(4,5)19-16(15)13-10-8-7-9-11-13/h6-11,14-16H,1,12H2,2-5H3/t14-,15+,16-/m1/s1. The second-order valence-electron chi connectivity index (χ2n) is 7.13. The first kappa shape index (κ1) is 16.1. The predicted octanol–water partition coefficient (Wildman–Crippen LogP) is 3.81. The molecule has 0 bridgehead atoms. The van der Waals surface area contributed by atoms with Crippen LogP contribution in [0.4, 0.5) is 0 Å². The summed E-state index contributed by atoms with van der Waals surface area (Å²) in [5, 5.41) is 1.73. The maximum Gasteiger partial charge on any atom is 0.241 e. The summed E-state index contributed by atoms with van der Waals surface area (Å²) in [6.07, 6.45) is 0.0185. The van der Waals surface area contributed by atoms with Crippen molar-refractivity contribution < 1.29 is 13.8 Å². The SMILES string of the molecule is C=C[Si](C)(C)ON1OC[C@@H]2[C@H]1[C@@H](c1ccccc1)O[Si]2(C)C. The number of hydrogen-bond donors (Lipinski definition) is 0. The maximum absolute atomic E-state index is 6.51. The highest BCUT2D eigenvalue weighted by Gasteiger charge is 2.59. The van der Waals surface area contributed by atoms with Crippen molar-refractivity contribution in [3.05, 3.63) is 48.2 Å². The van der Waals surface area contributed by atoms with Gasteiger partial charge in [-0.15, -0.1) is 6.58 Å². The number of benzene rings is 1. The van der Waals surface area contributed by atoms with Crippen molar-refractivity contribution in [3.8, 4) is 0 Å². The van der Waals surface area contributed by atoms with Crippen LogP contribution in [0.2, 0.25) is 31.7 Å². The smallest absolute Gasteiger partial charge is 0.241 e. The van der Waals surface area contributed by atoms with Crippen LogP contribution in [0, 0.1) is 0 Å². The van der Waals surface area contributed by atoms with Gasteiger partial charge in [0.25, 0.3) is 0 Å². The summed E-state index contributed by atoms with van der Waals surface area (Å²) in [6, 6.07) is 10.5. The molecule has 2 fully saturated rings. The molecule has 6 heteroatoms. The van der Waals surface area contributed by atoms with Crippen LogP contribution in [0.3, 0.4) is 0 Å². The lowest BCUT2D eigenvalue weighted by molar-refractivity contribution is -0.318. The number of rotatable bonds is 4. The van der Waals surface area contributed by atoms with Gasteiger partial charge in [0, 0.05) is 5.54 Å². The molecule has 3 atom stereocenters. The van der Waals surface area contributed by atoms with Gasteiger partial charge in [0.05, 0.1) is 18.8 Å². The number of hydroxylamine groups is 2. The molecule has 0 unspecified atom stereocenters. The van der Waals surface area contributed by atoms with Crippen molar-refractivity contribution >= 4 is 16.6 Å². The van der Waals surface area contributed by atoms with Gasteiger partial charge >= 0.3 is 0 Å². The van der Waals surface area contributed by atoms with Crippen molar-refractivity contribution in [1.29, 1.82) is 0 Å². The van der Waals surface area contributed by atoms with Gasteiger partial charge in [0.15, 0.2) is 8.32 Å². The molecule has 2 aliphatic heterocycles. The van der Waals surface area contributed by atoms with Gasteiger partial charge in [-0.3, -0.25) is 4.84 Å². The molecule has 22 heavy (non-hydrogen) atoms. The fourth-order valence-corrected chi connectivity index (χ4v) is 6.58. The van der Waals surface area contributed by atoms with Crippen molar-refractivity contribution in [2.75, 3.05) is 6.61 Å². The zero-order valence-corrected chi connectivity index (χ0v) is 15.8. The van der Waals surface area contributed by atoms with Gasteiger partial charge in [-0.05, 0) is 31.8 Å². The van der Waals surface area contributed by atoms with Crippen LogP contribution in [-0.2, 0) is 13.8 Å². The Labute approximate surface area is 134 Å². The summed E-state index contributed by atoms with van der Waals surface area (Å²) >= 11 is 0. The van der Waals surface area contributed by atoms with Crippen molar-refractivity contribution in [1.82, 2.24) is 5.23 Å². The number of hydrogen-bond acceptors (Lipinski definition) is 4. The molecule has 0 amide bonds. The predicted molar refractivity (Wildman–Crippen MR) is 91.8 cm³/mol. The van der Waals surface area contributed by atoms with Crippen molar-refractivity contribution in [2.45, 2.75) is 43.9 Å². The Morgan fingerprint density at radius 1 is 1.32 bits per heavy atom. The Morgan fingerprint density at radius 3 is 2.64 bits per heavy atom. The van der Waals surface area contributed by atoms with Crippen LogP contribution in [0.25, 0.3) is 0 Å². The van der Waals surface area contributed by atoms with Gasteiger partial charge in [-0.25, -0.2) is 0 Å². The summed E-state index contributed by atoms with van der Waals surface area (Å²) in [5.74, 6) is 0. The first-order valence-electron chi connectivity index (χ1n) is 7.82. The normalized spacial score (nSPS) is 31.2. The van der Waals surface area contributed by atoms with E-state index in [1.54, 1.807) is 5.23 Å². The fraction of sp³-hybridized carbons (Fsp3) is 0.500. The first-order valence-corrected chi connectivity index (χ1v) is 13.8. The molecule has 4 nitrogen and oxygen atoms in total. The quantitative estimate of drug-likeness (QED) is 0.783. The Kier molecular flexibility index (Phi) is 4.17. The van der Waals surface area contributed by atoms with Crippen LogP contribution >= 0.6 is 0 Å². The molecule has 0 aromatic heterocycles. The van der Waals surface area contributed by atoms with Crippen LogP contribution in [-0.4, -0.2) is 34.5 Å². The zero-order valence-electron chi connectivity index (χ0n) is 13.8. The molecule has 2 aliphatic rings. The molecule has 2 saturated heterocycles. The van der Waals surface area contributed by atoms with Gasteiger partial charge in [0.1, 0.15) is 0 Å². The van der Waals surface area contributed by atoms with Gasteiger partial charge < -0.3 is 8.95 Å². The number of nitrogens with zero attached hydrogens (tertiary/aromatic N) is 1. The molecule has 0 saturated carbocycles. The Hall–Kier alpha value is -0.766. The van der Waals surface area contributed by atoms with Crippen molar-refractivity contribution in [2.24, 2.45) is 0 Å². The van der Waals surface area contributed by atoms with E-state index in [1.807, 2.05) is 11.8 Å². The minimum Gasteiger partial charge on any atom is -0.408 e. The highest BCUT2D eigenvalue weighted by atomic mass is 28.4. The van der Waals surface area contributed by atoms with E-state index < -0.39 is 16.6 Å². The van der Waals surface area contributed by atoms with Crippen LogP contribution in [0.1, 0.15) is 11.7 Å². The topological polar surface area (TPSA) is 30.9 Å². The molecule has 3 rings (SSSR count). The second kappa shape index (κ2) is 5.70. The Balaban J connectivity index is 1.90. The summed E-state index contributed by atoms with van der Waals surface area (Å²) in [4.78, 5) is 5.90. The van der Waals surface area contributed by atoms with Gasteiger partial charge in [0.2, 0.25) is 8.32 Å². The zero-order chi connectivity index (χ0) is 16.0. The molecule has 2 heterocycles. The molecule has 1 aromatic rings. The lowest BCUT2D eigenvalue weighted by Gasteiger charge is -2.31. The van der Waals surface area contributed by atoms with E-state index in [2.05, 4.69) is 57.0 Å². The molecule has 120 valence electrons. The molecule has 0 N–H and O–H groups in total. The van der Waals surface area contributed by atoms with Crippen molar-refractivity contribution in [3.63, 3.8) is 0 Å². The van der Waals surface area contributed by atoms with E-state index in [4.69, 9.17) is 13.8 Å². The third-order valence-corrected chi connectivity index (χ3v) is 9.40. The lowest BCUT2D eigenvalue weighted by Crippen LogP contribution is -2.42. The summed E-state index contributed by atoms with van der Waals surface area (Å²) in [5.41, 5.74) is 3.56. The van der Waals surface area contributed by atoms with Gasteiger partial charge in [-0.1, -0.05) is 41.3 Å². The first-order chi connectivity index (χ1) is 10.3. The molecular weight excluding hydrogens is 310 g/mol. The van der Waals surface area contributed by atoms with E-state index in [1.165, 1.54) is 5.56 Å². The average molecular weight is 336 g/mol. The second-order valence-corrected chi connectivity index (χ2v) is 15.1. The van der Waals surface area contributed by atoms with Crippen LogP contribution < -0.4 is 0 Å². The van der Waals surface area contributed by atoms with Gasteiger partial charge in [-0.2, -0.15) is 0 Å². The average Bonchev–Trinajstić information content (AvgIpc) is 3.00. The molecule has 1 aromatic carbocycles. The van der Waals surface area contributed by atoms with E-state index in [-0.39, 0.29) is 12.1 Å². The summed E-state index contributed by atoms with van der Waals surface area (Å²) < 4.78 is 12.7. The number of fused-ring (bicyclic) bond motifs is 1. The Bertz CT molecular complexity index is 550. The van der Waals surface area contributed by atoms with E-state index >= 15 is 0 Å². The van der Waals surface area contributed by atoms with E-state index in [0.29, 0.717) is 12.1 Å². The minimum atomic E-state index is -1.95. The van der Waals surface area contributed by atoms with E-state index in [9.17, 15) is 0 Å². The summed E-state index contributed by atoms with van der Waals surface area (Å²) in [6.45, 7) is 13.4. The Morgan fingerprint density at radius 2 is 2.00 bits per heavy atom. The molecular formula is C16H25NO3Si2. The maximum atomic E-state index is 6.51. The fourth-order valence-electron chi connectivity index (χ4n) is 3.17. The molecule has 0 radical (unpaired) electrons. The largest absolute Gasteiger partial charge is 0.408 e.